The third-order valence-corrected chi connectivity index (χ3v) is 2.93. The van der Waals surface area contributed by atoms with Crippen LogP contribution in [0.1, 0.15) is 18.9 Å². The summed E-state index contributed by atoms with van der Waals surface area (Å²) in [7, 11) is 1.35. The van der Waals surface area contributed by atoms with Crippen molar-refractivity contribution in [1.29, 1.82) is 0 Å². The number of methoxy groups -OCH3 is 1. The van der Waals surface area contributed by atoms with E-state index in [2.05, 4.69) is 20.7 Å². The smallest absolute Gasteiger partial charge is 0.309 e. The van der Waals surface area contributed by atoms with Crippen molar-refractivity contribution in [1.82, 2.24) is 0 Å². The third-order valence-electron chi connectivity index (χ3n) is 2.19. The van der Waals surface area contributed by atoms with Crippen LogP contribution in [0.2, 0.25) is 5.02 Å². The van der Waals surface area contributed by atoms with Gasteiger partial charge in [-0.05, 0) is 31.5 Å². The van der Waals surface area contributed by atoms with Gasteiger partial charge in [0.2, 0.25) is 0 Å². The van der Waals surface area contributed by atoms with Crippen molar-refractivity contribution in [3.8, 4) is 5.75 Å². The molecule has 0 saturated heterocycles. The summed E-state index contributed by atoms with van der Waals surface area (Å²) in [6, 6.07) is 3.67. The lowest BCUT2D eigenvalue weighted by molar-refractivity contribution is -0.142. The fourth-order valence-electron chi connectivity index (χ4n) is 1.40. The Labute approximate surface area is 114 Å². The van der Waals surface area contributed by atoms with Crippen molar-refractivity contribution in [3.05, 3.63) is 27.2 Å². The van der Waals surface area contributed by atoms with Gasteiger partial charge < -0.3 is 9.47 Å². The van der Waals surface area contributed by atoms with Crippen LogP contribution in [0, 0.1) is 6.92 Å². The predicted molar refractivity (Wildman–Crippen MR) is 70.6 cm³/mol. The molecule has 0 N–H and O–H groups in total. The van der Waals surface area contributed by atoms with Crippen LogP contribution in [0.5, 0.6) is 5.75 Å². The number of aryl methyl sites for hydroxylation is 1. The van der Waals surface area contributed by atoms with E-state index in [1.54, 1.807) is 13.0 Å². The van der Waals surface area contributed by atoms with Gasteiger partial charge in [-0.1, -0.05) is 27.5 Å². The lowest BCUT2D eigenvalue weighted by Crippen LogP contribution is -2.18. The van der Waals surface area contributed by atoms with Crippen LogP contribution >= 0.6 is 27.5 Å². The Morgan fingerprint density at radius 2 is 2.18 bits per heavy atom. The first-order valence-corrected chi connectivity index (χ1v) is 6.30. The zero-order valence-electron chi connectivity index (χ0n) is 9.92. The minimum absolute atomic E-state index is 0.197. The molecular formula is C12H14BrClO3. The Morgan fingerprint density at radius 1 is 1.53 bits per heavy atom. The van der Waals surface area contributed by atoms with Gasteiger partial charge in [0.25, 0.3) is 0 Å². The van der Waals surface area contributed by atoms with E-state index in [-0.39, 0.29) is 18.5 Å². The summed E-state index contributed by atoms with van der Waals surface area (Å²) in [5, 5.41) is 0.522. The Bertz CT molecular complexity index is 397. The van der Waals surface area contributed by atoms with E-state index in [1.165, 1.54) is 7.11 Å². The SMILES string of the molecule is COC(=O)CC(C)Oc1c(C)cc(Br)cc1Cl. The molecule has 1 rings (SSSR count). The molecule has 17 heavy (non-hydrogen) atoms. The Morgan fingerprint density at radius 3 is 2.71 bits per heavy atom. The summed E-state index contributed by atoms with van der Waals surface area (Å²) in [5.74, 6) is 0.301. The lowest BCUT2D eigenvalue weighted by Gasteiger charge is -2.16. The third kappa shape index (κ3) is 4.21. The second kappa shape index (κ2) is 6.26. The summed E-state index contributed by atoms with van der Waals surface area (Å²) in [4.78, 5) is 11.1. The van der Waals surface area contributed by atoms with Gasteiger partial charge in [-0.3, -0.25) is 4.79 Å². The summed E-state index contributed by atoms with van der Waals surface area (Å²) in [6.45, 7) is 3.70. The quantitative estimate of drug-likeness (QED) is 0.793. The highest BCUT2D eigenvalue weighted by atomic mass is 79.9. The Balaban J connectivity index is 2.78. The summed E-state index contributed by atoms with van der Waals surface area (Å²) < 4.78 is 11.1. The first kappa shape index (κ1) is 14.3. The molecule has 1 atom stereocenters. The zero-order chi connectivity index (χ0) is 13.0. The van der Waals surface area contributed by atoms with Gasteiger partial charge in [0.1, 0.15) is 11.9 Å². The molecular weight excluding hydrogens is 307 g/mol. The lowest BCUT2D eigenvalue weighted by atomic mass is 10.2. The first-order chi connectivity index (χ1) is 7.93. The molecule has 5 heteroatoms. The van der Waals surface area contributed by atoms with Crippen molar-refractivity contribution in [3.63, 3.8) is 0 Å². The van der Waals surface area contributed by atoms with Crippen LogP contribution in [0.4, 0.5) is 0 Å². The van der Waals surface area contributed by atoms with Gasteiger partial charge in [0, 0.05) is 4.47 Å². The molecule has 0 fully saturated rings. The number of hydrogen-bond donors (Lipinski definition) is 0. The van der Waals surface area contributed by atoms with E-state index >= 15 is 0 Å². The molecule has 94 valence electrons. The highest BCUT2D eigenvalue weighted by molar-refractivity contribution is 9.10. The maximum atomic E-state index is 11.1. The number of carbonyl (C=O) groups is 1. The van der Waals surface area contributed by atoms with Crippen LogP contribution in [-0.4, -0.2) is 19.2 Å². The second-order valence-electron chi connectivity index (χ2n) is 3.74. The molecule has 0 aliphatic heterocycles. The number of rotatable bonds is 4. The molecule has 1 aromatic carbocycles. The van der Waals surface area contributed by atoms with Gasteiger partial charge in [-0.15, -0.1) is 0 Å². The van der Waals surface area contributed by atoms with Crippen molar-refractivity contribution >= 4 is 33.5 Å². The average molecular weight is 322 g/mol. The van der Waals surface area contributed by atoms with Crippen molar-refractivity contribution in [2.75, 3.05) is 7.11 Å². The standard InChI is InChI=1S/C12H14BrClO3/c1-7-4-9(13)6-10(14)12(7)17-8(2)5-11(15)16-3/h4,6,8H,5H2,1-3H3. The van der Waals surface area contributed by atoms with Crippen LogP contribution in [0.3, 0.4) is 0 Å². The fraction of sp³-hybridized carbons (Fsp3) is 0.417. The molecule has 0 amide bonds. The predicted octanol–water partition coefficient (Wildman–Crippen LogP) is 3.74. The molecule has 0 aromatic heterocycles. The van der Waals surface area contributed by atoms with E-state index in [0.717, 1.165) is 10.0 Å². The van der Waals surface area contributed by atoms with E-state index < -0.39 is 0 Å². The fourth-order valence-corrected chi connectivity index (χ4v) is 2.41. The number of halogens is 2. The van der Waals surface area contributed by atoms with Gasteiger partial charge in [-0.2, -0.15) is 0 Å². The normalized spacial score (nSPS) is 12.1. The van der Waals surface area contributed by atoms with Gasteiger partial charge >= 0.3 is 5.97 Å². The molecule has 3 nitrogen and oxygen atoms in total. The number of hydrogen-bond acceptors (Lipinski definition) is 3. The maximum Gasteiger partial charge on any atom is 0.309 e. The minimum atomic E-state index is -0.302. The topological polar surface area (TPSA) is 35.5 Å². The molecule has 0 aliphatic rings. The second-order valence-corrected chi connectivity index (χ2v) is 5.07. The minimum Gasteiger partial charge on any atom is -0.488 e. The number of benzene rings is 1. The molecule has 0 heterocycles. The maximum absolute atomic E-state index is 11.1. The van der Waals surface area contributed by atoms with Crippen molar-refractivity contribution < 1.29 is 14.3 Å². The van der Waals surface area contributed by atoms with Gasteiger partial charge in [0.05, 0.1) is 18.6 Å². The van der Waals surface area contributed by atoms with Crippen LogP contribution in [0.25, 0.3) is 0 Å². The number of carbonyl (C=O) groups excluding carboxylic acids is 1. The summed E-state index contributed by atoms with van der Waals surface area (Å²) >= 11 is 9.43. The van der Waals surface area contributed by atoms with E-state index in [4.69, 9.17) is 16.3 Å². The zero-order valence-corrected chi connectivity index (χ0v) is 12.3. The van der Waals surface area contributed by atoms with Crippen LogP contribution in [-0.2, 0) is 9.53 Å². The van der Waals surface area contributed by atoms with E-state index in [9.17, 15) is 4.79 Å². The highest BCUT2D eigenvalue weighted by Crippen LogP contribution is 2.32. The highest BCUT2D eigenvalue weighted by Gasteiger charge is 2.14. The van der Waals surface area contributed by atoms with Crippen molar-refractivity contribution in [2.45, 2.75) is 26.4 Å². The first-order valence-electron chi connectivity index (χ1n) is 5.13. The summed E-state index contributed by atoms with van der Waals surface area (Å²) in [6.07, 6.45) is -0.0812. The Hall–Kier alpha value is -0.740. The Kier molecular flexibility index (Phi) is 5.28. The van der Waals surface area contributed by atoms with Gasteiger partial charge in [-0.25, -0.2) is 0 Å². The molecule has 0 radical (unpaired) electrons. The average Bonchev–Trinajstić information content (AvgIpc) is 2.23. The molecule has 0 spiro atoms. The van der Waals surface area contributed by atoms with Gasteiger partial charge in [0.15, 0.2) is 0 Å². The molecule has 1 unspecified atom stereocenters. The number of esters is 1. The van der Waals surface area contributed by atoms with Crippen molar-refractivity contribution in [2.24, 2.45) is 0 Å². The molecule has 0 aliphatic carbocycles. The van der Waals surface area contributed by atoms with E-state index in [1.807, 2.05) is 13.0 Å². The molecule has 0 bridgehead atoms. The largest absolute Gasteiger partial charge is 0.488 e. The van der Waals surface area contributed by atoms with E-state index in [0.29, 0.717) is 10.8 Å². The molecule has 0 saturated carbocycles. The number of ether oxygens (including phenoxy) is 2. The summed E-state index contributed by atoms with van der Waals surface area (Å²) in [5.41, 5.74) is 0.918. The monoisotopic (exact) mass is 320 g/mol. The van der Waals surface area contributed by atoms with Crippen LogP contribution in [0.15, 0.2) is 16.6 Å². The molecule has 1 aromatic rings. The van der Waals surface area contributed by atoms with Crippen LogP contribution < -0.4 is 4.74 Å².